The average molecular weight is 452 g/mol. The molecule has 1 aliphatic heterocycles. The molecule has 1 aliphatic carbocycles. The first-order valence-electron chi connectivity index (χ1n) is 9.85. The van der Waals surface area contributed by atoms with E-state index in [1.165, 1.54) is 0 Å². The first-order chi connectivity index (χ1) is 14.3. The molecule has 2 aromatic rings. The Morgan fingerprint density at radius 3 is 2.73 bits per heavy atom. The van der Waals surface area contributed by atoms with Crippen molar-refractivity contribution in [1.82, 2.24) is 20.4 Å². The number of carbonyl (C=O) groups excluding carboxylic acids is 2. The molecule has 0 bridgehead atoms. The topological polar surface area (TPSA) is 97.3 Å². The van der Waals surface area contributed by atoms with Crippen molar-refractivity contribution in [2.45, 2.75) is 44.9 Å². The van der Waals surface area contributed by atoms with Gasteiger partial charge in [-0.15, -0.1) is 0 Å². The second-order valence-corrected chi connectivity index (χ2v) is 8.58. The smallest absolute Gasteiger partial charge is 0.263 e. The van der Waals surface area contributed by atoms with Gasteiger partial charge in [-0.05, 0) is 38.0 Å². The largest absolute Gasteiger partial charge is 0.482 e. The Morgan fingerprint density at radius 1 is 1.30 bits per heavy atom. The van der Waals surface area contributed by atoms with Crippen molar-refractivity contribution in [3.8, 4) is 5.75 Å². The molecule has 4 rings (SSSR count). The van der Waals surface area contributed by atoms with Crippen LogP contribution in [0.5, 0.6) is 5.75 Å². The molecule has 0 radical (unpaired) electrons. The van der Waals surface area contributed by atoms with Gasteiger partial charge in [-0.3, -0.25) is 14.9 Å². The number of benzene rings is 1. The minimum atomic E-state index is -0.543. The SMILES string of the molecule is CC1NC(n2nc(C3CC3)cc2NC(=O)COc2ccc(Cl)cc2Cl)NC(=O)C1C. The van der Waals surface area contributed by atoms with Crippen LogP contribution in [0.2, 0.25) is 10.0 Å². The molecule has 3 atom stereocenters. The summed E-state index contributed by atoms with van der Waals surface area (Å²) in [5.41, 5.74) is 0.897. The maximum atomic E-state index is 12.5. The molecule has 1 saturated carbocycles. The van der Waals surface area contributed by atoms with Crippen molar-refractivity contribution in [1.29, 1.82) is 0 Å². The monoisotopic (exact) mass is 451 g/mol. The zero-order chi connectivity index (χ0) is 21.4. The quantitative estimate of drug-likeness (QED) is 0.625. The van der Waals surface area contributed by atoms with E-state index in [-0.39, 0.29) is 30.4 Å². The highest BCUT2D eigenvalue weighted by atomic mass is 35.5. The van der Waals surface area contributed by atoms with Crippen molar-refractivity contribution in [3.05, 3.63) is 40.0 Å². The third-order valence-electron chi connectivity index (χ3n) is 5.38. The van der Waals surface area contributed by atoms with Gasteiger partial charge in [0, 0.05) is 23.0 Å². The van der Waals surface area contributed by atoms with Gasteiger partial charge < -0.3 is 15.4 Å². The number of aromatic nitrogens is 2. The maximum absolute atomic E-state index is 12.5. The number of halogens is 2. The Hall–Kier alpha value is -2.29. The van der Waals surface area contributed by atoms with Crippen molar-refractivity contribution in [2.24, 2.45) is 5.92 Å². The van der Waals surface area contributed by atoms with Gasteiger partial charge in [-0.2, -0.15) is 5.10 Å². The molecule has 1 aromatic heterocycles. The zero-order valence-electron chi connectivity index (χ0n) is 16.6. The number of nitrogens with one attached hydrogen (secondary N) is 3. The van der Waals surface area contributed by atoms with Crippen LogP contribution in [0.15, 0.2) is 24.3 Å². The second-order valence-electron chi connectivity index (χ2n) is 7.74. The molecule has 1 aromatic carbocycles. The van der Waals surface area contributed by atoms with Gasteiger partial charge in [0.25, 0.3) is 5.91 Å². The van der Waals surface area contributed by atoms with Crippen molar-refractivity contribution in [3.63, 3.8) is 0 Å². The van der Waals surface area contributed by atoms with Gasteiger partial charge in [0.2, 0.25) is 5.91 Å². The molecule has 160 valence electrons. The lowest BCUT2D eigenvalue weighted by molar-refractivity contribution is -0.130. The van der Waals surface area contributed by atoms with Crippen LogP contribution in [0.3, 0.4) is 0 Å². The summed E-state index contributed by atoms with van der Waals surface area (Å²) in [6.07, 6.45) is 1.60. The normalized spacial score (nSPS) is 23.7. The fourth-order valence-corrected chi connectivity index (χ4v) is 3.72. The van der Waals surface area contributed by atoms with Crippen LogP contribution < -0.4 is 20.7 Å². The van der Waals surface area contributed by atoms with E-state index in [1.807, 2.05) is 19.9 Å². The van der Waals surface area contributed by atoms with Crippen LogP contribution in [0.1, 0.15) is 44.6 Å². The van der Waals surface area contributed by atoms with E-state index in [1.54, 1.807) is 22.9 Å². The summed E-state index contributed by atoms with van der Waals surface area (Å²) in [6.45, 7) is 3.58. The van der Waals surface area contributed by atoms with Gasteiger partial charge in [0.1, 0.15) is 11.6 Å². The highest BCUT2D eigenvalue weighted by molar-refractivity contribution is 6.35. The average Bonchev–Trinajstić information content (AvgIpc) is 3.46. The third-order valence-corrected chi connectivity index (χ3v) is 5.91. The van der Waals surface area contributed by atoms with E-state index in [0.29, 0.717) is 27.5 Å². The van der Waals surface area contributed by atoms with E-state index >= 15 is 0 Å². The van der Waals surface area contributed by atoms with Crippen LogP contribution in [0.4, 0.5) is 5.82 Å². The molecule has 2 heterocycles. The summed E-state index contributed by atoms with van der Waals surface area (Å²) in [5.74, 6) is 0.664. The van der Waals surface area contributed by atoms with Gasteiger partial charge in [0.05, 0.1) is 16.6 Å². The number of carbonyl (C=O) groups is 2. The van der Waals surface area contributed by atoms with Crippen molar-refractivity contribution < 1.29 is 14.3 Å². The Bertz CT molecular complexity index is 975. The minimum absolute atomic E-state index is 0.0312. The predicted molar refractivity (Wildman–Crippen MR) is 114 cm³/mol. The molecular formula is C20H23Cl2N5O3. The van der Waals surface area contributed by atoms with E-state index in [9.17, 15) is 9.59 Å². The highest BCUT2D eigenvalue weighted by Gasteiger charge is 2.34. The standard InChI is InChI=1S/C20H23Cl2N5O3/c1-10-11(2)23-20(25-19(10)29)27-17(8-15(26-27)12-3-4-12)24-18(28)9-30-16-6-5-13(21)7-14(16)22/h5-8,10-12,20,23H,3-4,9H2,1-2H3,(H,24,28)(H,25,29). The Labute approximate surface area is 184 Å². The Kier molecular flexibility index (Phi) is 5.90. The number of hydrogen-bond acceptors (Lipinski definition) is 5. The number of hydrogen-bond donors (Lipinski definition) is 3. The van der Waals surface area contributed by atoms with Crippen LogP contribution >= 0.6 is 23.2 Å². The molecule has 3 N–H and O–H groups in total. The van der Waals surface area contributed by atoms with Gasteiger partial charge in [0.15, 0.2) is 12.9 Å². The van der Waals surface area contributed by atoms with Gasteiger partial charge in [-0.25, -0.2) is 4.68 Å². The first-order valence-corrected chi connectivity index (χ1v) is 10.6. The van der Waals surface area contributed by atoms with Crippen LogP contribution in [0, 0.1) is 5.92 Å². The van der Waals surface area contributed by atoms with Crippen LogP contribution in [-0.2, 0) is 9.59 Å². The number of nitrogens with zero attached hydrogens (tertiary/aromatic N) is 2. The van der Waals surface area contributed by atoms with Crippen molar-refractivity contribution >= 4 is 40.8 Å². The summed E-state index contributed by atoms with van der Waals surface area (Å²) < 4.78 is 7.12. The molecule has 1 saturated heterocycles. The van der Waals surface area contributed by atoms with Crippen LogP contribution in [0.25, 0.3) is 0 Å². The van der Waals surface area contributed by atoms with E-state index in [4.69, 9.17) is 27.9 Å². The molecule has 2 fully saturated rings. The Morgan fingerprint density at radius 2 is 2.07 bits per heavy atom. The summed E-state index contributed by atoms with van der Waals surface area (Å²) in [6, 6.07) is 6.61. The molecule has 3 unspecified atom stereocenters. The fourth-order valence-electron chi connectivity index (χ4n) is 3.26. The number of ether oxygens (including phenoxy) is 1. The summed E-state index contributed by atoms with van der Waals surface area (Å²) >= 11 is 12.0. The molecule has 0 spiro atoms. The molecule has 2 amide bonds. The molecular weight excluding hydrogens is 429 g/mol. The van der Waals surface area contributed by atoms with Crippen molar-refractivity contribution in [2.75, 3.05) is 11.9 Å². The summed E-state index contributed by atoms with van der Waals surface area (Å²) in [4.78, 5) is 24.8. The van der Waals surface area contributed by atoms with Crippen LogP contribution in [-0.4, -0.2) is 34.2 Å². The van der Waals surface area contributed by atoms with E-state index in [0.717, 1.165) is 18.5 Å². The van der Waals surface area contributed by atoms with Gasteiger partial charge in [-0.1, -0.05) is 30.1 Å². The third kappa shape index (κ3) is 4.55. The summed E-state index contributed by atoms with van der Waals surface area (Å²) in [5, 5.41) is 14.5. The number of rotatable bonds is 6. The predicted octanol–water partition coefficient (Wildman–Crippen LogP) is 3.28. The van der Waals surface area contributed by atoms with E-state index < -0.39 is 6.29 Å². The summed E-state index contributed by atoms with van der Waals surface area (Å²) in [7, 11) is 0. The lowest BCUT2D eigenvalue weighted by Gasteiger charge is -2.34. The highest BCUT2D eigenvalue weighted by Crippen LogP contribution is 2.40. The molecule has 2 aliphatic rings. The van der Waals surface area contributed by atoms with Gasteiger partial charge >= 0.3 is 0 Å². The molecule has 10 heteroatoms. The lowest BCUT2D eigenvalue weighted by Crippen LogP contribution is -2.57. The maximum Gasteiger partial charge on any atom is 0.263 e. The number of amides is 2. The minimum Gasteiger partial charge on any atom is -0.482 e. The zero-order valence-corrected chi connectivity index (χ0v) is 18.1. The molecule has 8 nitrogen and oxygen atoms in total. The lowest BCUT2D eigenvalue weighted by atomic mass is 10.0. The fraction of sp³-hybridized carbons (Fsp3) is 0.450. The molecule has 30 heavy (non-hydrogen) atoms. The number of anilines is 1. The van der Waals surface area contributed by atoms with E-state index in [2.05, 4.69) is 21.0 Å². The Balaban J connectivity index is 1.47. The first kappa shape index (κ1) is 21.0. The second kappa shape index (κ2) is 8.45.